The van der Waals surface area contributed by atoms with E-state index in [1.54, 1.807) is 6.20 Å². The first-order valence-corrected chi connectivity index (χ1v) is 5.00. The number of nitrogens with one attached hydrogen (secondary N) is 1. The van der Waals surface area contributed by atoms with Crippen LogP contribution in [0.15, 0.2) is 18.3 Å². The van der Waals surface area contributed by atoms with Crippen LogP contribution in [0.1, 0.15) is 25.8 Å². The number of rotatable bonds is 5. The average Bonchev–Trinajstić information content (AvgIpc) is 2.26. The minimum Gasteiger partial charge on any atom is -0.374 e. The van der Waals surface area contributed by atoms with Gasteiger partial charge >= 0.3 is 0 Å². The van der Waals surface area contributed by atoms with Crippen LogP contribution in [0, 0.1) is 0 Å². The van der Waals surface area contributed by atoms with E-state index >= 15 is 0 Å². The highest BCUT2D eigenvalue weighted by atomic mass is 16.5. The van der Waals surface area contributed by atoms with Gasteiger partial charge in [-0.25, -0.2) is 4.98 Å². The van der Waals surface area contributed by atoms with Crippen molar-refractivity contribution in [2.75, 3.05) is 12.4 Å². The van der Waals surface area contributed by atoms with Crippen LogP contribution in [0.2, 0.25) is 0 Å². The number of pyridine rings is 1. The van der Waals surface area contributed by atoms with Gasteiger partial charge in [-0.2, -0.15) is 0 Å². The third kappa shape index (κ3) is 3.34. The summed E-state index contributed by atoms with van der Waals surface area (Å²) in [5, 5.41) is 3.00. The Morgan fingerprint density at radius 3 is 3.00 bits per heavy atom. The fraction of sp³-hybridized carbons (Fsp3) is 0.545. The molecule has 1 atom stereocenters. The Morgan fingerprint density at radius 1 is 1.57 bits per heavy atom. The van der Waals surface area contributed by atoms with Crippen molar-refractivity contribution in [3.05, 3.63) is 23.9 Å². The van der Waals surface area contributed by atoms with E-state index in [0.717, 1.165) is 17.8 Å². The Kier molecular flexibility index (Phi) is 4.40. The summed E-state index contributed by atoms with van der Waals surface area (Å²) in [5.41, 5.74) is 1.16. The molecule has 0 spiro atoms. The number of aromatic nitrogens is 1. The number of hydrogen-bond acceptors (Lipinski definition) is 3. The van der Waals surface area contributed by atoms with E-state index in [9.17, 15) is 0 Å². The molecular formula is C11H18N2O. The SMILES string of the molecule is CCC(C)OCc1ccnc(NC)c1. The van der Waals surface area contributed by atoms with Crippen molar-refractivity contribution in [2.24, 2.45) is 0 Å². The van der Waals surface area contributed by atoms with Gasteiger partial charge in [-0.15, -0.1) is 0 Å². The average molecular weight is 194 g/mol. The highest BCUT2D eigenvalue weighted by Gasteiger charge is 2.00. The lowest BCUT2D eigenvalue weighted by molar-refractivity contribution is 0.0508. The molecule has 0 radical (unpaired) electrons. The predicted molar refractivity (Wildman–Crippen MR) is 58.3 cm³/mol. The molecular weight excluding hydrogens is 176 g/mol. The zero-order valence-corrected chi connectivity index (χ0v) is 9.08. The van der Waals surface area contributed by atoms with Crippen LogP contribution in [-0.2, 0) is 11.3 Å². The monoisotopic (exact) mass is 194 g/mol. The standard InChI is InChI=1S/C11H18N2O/c1-4-9(2)14-8-10-5-6-13-11(7-10)12-3/h5-7,9H,4,8H2,1-3H3,(H,12,13). The van der Waals surface area contributed by atoms with E-state index in [-0.39, 0.29) is 0 Å². The van der Waals surface area contributed by atoms with Gasteiger partial charge in [0.1, 0.15) is 5.82 Å². The van der Waals surface area contributed by atoms with E-state index in [0.29, 0.717) is 12.7 Å². The van der Waals surface area contributed by atoms with Crippen molar-refractivity contribution in [3.8, 4) is 0 Å². The Hall–Kier alpha value is -1.09. The summed E-state index contributed by atoms with van der Waals surface area (Å²) in [6, 6.07) is 3.98. The maximum absolute atomic E-state index is 5.62. The highest BCUT2D eigenvalue weighted by Crippen LogP contribution is 2.09. The second-order valence-electron chi connectivity index (χ2n) is 3.33. The molecule has 1 aromatic heterocycles. The molecule has 1 N–H and O–H groups in total. The number of nitrogens with zero attached hydrogens (tertiary/aromatic N) is 1. The minimum absolute atomic E-state index is 0.321. The van der Waals surface area contributed by atoms with E-state index in [1.165, 1.54) is 0 Å². The molecule has 1 aromatic rings. The van der Waals surface area contributed by atoms with Crippen molar-refractivity contribution >= 4 is 5.82 Å². The van der Waals surface area contributed by atoms with Crippen LogP contribution in [0.5, 0.6) is 0 Å². The quantitative estimate of drug-likeness (QED) is 0.781. The van der Waals surface area contributed by atoms with Gasteiger partial charge < -0.3 is 10.1 Å². The van der Waals surface area contributed by atoms with Gasteiger partial charge in [-0.05, 0) is 31.0 Å². The van der Waals surface area contributed by atoms with Crippen molar-refractivity contribution in [3.63, 3.8) is 0 Å². The summed E-state index contributed by atoms with van der Waals surface area (Å²) in [6.07, 6.45) is 3.16. The third-order valence-corrected chi connectivity index (χ3v) is 2.19. The Labute approximate surface area is 85.5 Å². The van der Waals surface area contributed by atoms with Crippen molar-refractivity contribution in [1.29, 1.82) is 0 Å². The van der Waals surface area contributed by atoms with Gasteiger partial charge in [-0.1, -0.05) is 6.92 Å². The number of anilines is 1. The molecule has 0 aliphatic rings. The van der Waals surface area contributed by atoms with E-state index in [4.69, 9.17) is 4.74 Å². The van der Waals surface area contributed by atoms with Crippen molar-refractivity contribution in [2.45, 2.75) is 33.0 Å². The molecule has 1 unspecified atom stereocenters. The predicted octanol–water partition coefficient (Wildman–Crippen LogP) is 2.44. The second-order valence-corrected chi connectivity index (χ2v) is 3.33. The molecule has 3 heteroatoms. The second kappa shape index (κ2) is 5.60. The molecule has 78 valence electrons. The third-order valence-electron chi connectivity index (χ3n) is 2.19. The molecule has 14 heavy (non-hydrogen) atoms. The van der Waals surface area contributed by atoms with Crippen LogP contribution in [0.25, 0.3) is 0 Å². The van der Waals surface area contributed by atoms with Gasteiger partial charge in [0, 0.05) is 13.2 Å². The van der Waals surface area contributed by atoms with Gasteiger partial charge in [0.05, 0.1) is 12.7 Å². The lowest BCUT2D eigenvalue weighted by Gasteiger charge is -2.10. The summed E-state index contributed by atoms with van der Waals surface area (Å²) >= 11 is 0. The highest BCUT2D eigenvalue weighted by molar-refractivity contribution is 5.36. The molecule has 0 saturated carbocycles. The molecule has 0 saturated heterocycles. The zero-order valence-electron chi connectivity index (χ0n) is 9.08. The molecule has 1 rings (SSSR count). The Bertz CT molecular complexity index is 276. The van der Waals surface area contributed by atoms with Gasteiger partial charge in [-0.3, -0.25) is 0 Å². The van der Waals surface area contributed by atoms with E-state index in [1.807, 2.05) is 19.2 Å². The van der Waals surface area contributed by atoms with Crippen LogP contribution in [0.4, 0.5) is 5.82 Å². The zero-order chi connectivity index (χ0) is 10.4. The largest absolute Gasteiger partial charge is 0.374 e. The Balaban J connectivity index is 2.50. The molecule has 0 aromatic carbocycles. The fourth-order valence-corrected chi connectivity index (χ4v) is 1.06. The summed E-state index contributed by atoms with van der Waals surface area (Å²) in [4.78, 5) is 4.14. The first kappa shape index (κ1) is 11.0. The summed E-state index contributed by atoms with van der Waals surface area (Å²) < 4.78 is 5.62. The first-order chi connectivity index (χ1) is 6.76. The normalized spacial score (nSPS) is 12.5. The number of hydrogen-bond donors (Lipinski definition) is 1. The molecule has 0 aliphatic carbocycles. The molecule has 0 fully saturated rings. The van der Waals surface area contributed by atoms with Crippen molar-refractivity contribution < 1.29 is 4.74 Å². The summed E-state index contributed by atoms with van der Waals surface area (Å²) in [7, 11) is 1.86. The smallest absolute Gasteiger partial charge is 0.125 e. The van der Waals surface area contributed by atoms with Gasteiger partial charge in [0.2, 0.25) is 0 Å². The topological polar surface area (TPSA) is 34.1 Å². The lowest BCUT2D eigenvalue weighted by Crippen LogP contribution is -2.06. The van der Waals surface area contributed by atoms with Crippen LogP contribution < -0.4 is 5.32 Å². The number of ether oxygens (including phenoxy) is 1. The molecule has 0 aliphatic heterocycles. The minimum atomic E-state index is 0.321. The Morgan fingerprint density at radius 2 is 2.36 bits per heavy atom. The van der Waals surface area contributed by atoms with Crippen LogP contribution in [-0.4, -0.2) is 18.1 Å². The lowest BCUT2D eigenvalue weighted by atomic mass is 10.2. The fourth-order valence-electron chi connectivity index (χ4n) is 1.06. The molecule has 0 bridgehead atoms. The van der Waals surface area contributed by atoms with Crippen molar-refractivity contribution in [1.82, 2.24) is 4.98 Å². The van der Waals surface area contributed by atoms with E-state index < -0.39 is 0 Å². The van der Waals surface area contributed by atoms with Gasteiger partial charge in [0.15, 0.2) is 0 Å². The van der Waals surface area contributed by atoms with Crippen LogP contribution >= 0.6 is 0 Å². The first-order valence-electron chi connectivity index (χ1n) is 5.00. The molecule has 0 amide bonds. The molecule has 1 heterocycles. The summed E-state index contributed by atoms with van der Waals surface area (Å²) in [5.74, 6) is 0.884. The summed E-state index contributed by atoms with van der Waals surface area (Å²) in [6.45, 7) is 4.86. The van der Waals surface area contributed by atoms with Gasteiger partial charge in [0.25, 0.3) is 0 Å². The van der Waals surface area contributed by atoms with Crippen LogP contribution in [0.3, 0.4) is 0 Å². The maximum atomic E-state index is 5.62. The van der Waals surface area contributed by atoms with E-state index in [2.05, 4.69) is 24.1 Å². The molecule has 3 nitrogen and oxygen atoms in total. The maximum Gasteiger partial charge on any atom is 0.125 e.